The maximum atomic E-state index is 13.6. The van der Waals surface area contributed by atoms with E-state index in [0.717, 1.165) is 43.1 Å². The molecule has 2 bridgehead atoms. The Hall–Kier alpha value is -3.37. The number of hydrogen-bond acceptors (Lipinski definition) is 3. The third kappa shape index (κ3) is 3.75. The Morgan fingerprint density at radius 2 is 1.70 bits per heavy atom. The van der Waals surface area contributed by atoms with Crippen LogP contribution in [0.25, 0.3) is 21.9 Å². The number of fused-ring (bicyclic) bond motifs is 5. The van der Waals surface area contributed by atoms with E-state index in [0.29, 0.717) is 11.8 Å². The van der Waals surface area contributed by atoms with Gasteiger partial charge in [-0.25, -0.2) is 0 Å². The molecule has 1 saturated heterocycles. The predicted molar refractivity (Wildman–Crippen MR) is 133 cm³/mol. The average Bonchev–Trinajstić information content (AvgIpc) is 2.85. The highest BCUT2D eigenvalue weighted by atomic mass is 16.5. The number of piperidine rings is 1. The molecule has 0 amide bonds. The lowest BCUT2D eigenvalue weighted by atomic mass is 9.82. The molecule has 4 aromatic rings. The van der Waals surface area contributed by atoms with Gasteiger partial charge in [0, 0.05) is 43.4 Å². The standard InChI is InChI=1S/C29H28N2O2/c1-33-26-10-6-20(7-11-26)16-30-17-21-14-25(19-30)28-13-12-27(29(32)31(28)18-21)24-9-8-22-4-2-3-5-23(22)15-24/h2-13,15,21,25H,14,16-19H2,1H3/t21-,25+/m0/s1. The zero-order valence-electron chi connectivity index (χ0n) is 18.9. The minimum absolute atomic E-state index is 0.154. The fourth-order valence-electron chi connectivity index (χ4n) is 5.74. The van der Waals surface area contributed by atoms with E-state index >= 15 is 0 Å². The van der Waals surface area contributed by atoms with Gasteiger partial charge < -0.3 is 9.30 Å². The molecule has 0 N–H and O–H groups in total. The molecule has 0 aliphatic carbocycles. The third-order valence-electron chi connectivity index (χ3n) is 7.31. The number of benzene rings is 3. The van der Waals surface area contributed by atoms with E-state index < -0.39 is 0 Å². The van der Waals surface area contributed by atoms with Gasteiger partial charge in [-0.2, -0.15) is 0 Å². The summed E-state index contributed by atoms with van der Waals surface area (Å²) in [6, 6.07) is 27.2. The highest BCUT2D eigenvalue weighted by molar-refractivity contribution is 5.87. The van der Waals surface area contributed by atoms with Crippen LogP contribution < -0.4 is 10.3 Å². The normalized spacial score (nSPS) is 19.9. The highest BCUT2D eigenvalue weighted by Gasteiger charge is 2.35. The molecule has 4 nitrogen and oxygen atoms in total. The van der Waals surface area contributed by atoms with Gasteiger partial charge in [0.25, 0.3) is 5.56 Å². The summed E-state index contributed by atoms with van der Waals surface area (Å²) in [5, 5.41) is 2.37. The quantitative estimate of drug-likeness (QED) is 0.436. The molecule has 2 atom stereocenters. The van der Waals surface area contributed by atoms with E-state index in [1.165, 1.54) is 28.5 Å². The van der Waals surface area contributed by atoms with Crippen molar-refractivity contribution in [2.45, 2.75) is 25.4 Å². The first-order valence-electron chi connectivity index (χ1n) is 11.8. The van der Waals surface area contributed by atoms with E-state index in [1.807, 2.05) is 30.3 Å². The van der Waals surface area contributed by atoms with Crippen LogP contribution in [0.1, 0.15) is 23.6 Å². The average molecular weight is 437 g/mol. The topological polar surface area (TPSA) is 34.5 Å². The number of rotatable bonds is 4. The molecular formula is C29H28N2O2. The molecule has 0 unspecified atom stereocenters. The predicted octanol–water partition coefficient (Wildman–Crippen LogP) is 5.30. The van der Waals surface area contributed by atoms with Crippen LogP contribution in [0.5, 0.6) is 5.75 Å². The van der Waals surface area contributed by atoms with Crippen LogP contribution in [0.2, 0.25) is 0 Å². The Morgan fingerprint density at radius 1 is 0.879 bits per heavy atom. The molecule has 3 heterocycles. The van der Waals surface area contributed by atoms with Crippen molar-refractivity contribution in [1.82, 2.24) is 9.47 Å². The SMILES string of the molecule is COc1ccc(CN2C[C@@H]3C[C@H](C2)c2ccc(-c4ccc5ccccc5c4)c(=O)n2C3)cc1. The summed E-state index contributed by atoms with van der Waals surface area (Å²) in [5.41, 5.74) is 4.46. The van der Waals surface area contributed by atoms with E-state index in [4.69, 9.17) is 4.74 Å². The molecule has 33 heavy (non-hydrogen) atoms. The van der Waals surface area contributed by atoms with Gasteiger partial charge in [0.15, 0.2) is 0 Å². The van der Waals surface area contributed by atoms with E-state index in [2.05, 4.69) is 58.0 Å². The van der Waals surface area contributed by atoms with Crippen molar-refractivity contribution in [1.29, 1.82) is 0 Å². The minimum Gasteiger partial charge on any atom is -0.497 e. The minimum atomic E-state index is 0.154. The van der Waals surface area contributed by atoms with Crippen LogP contribution in [-0.4, -0.2) is 29.7 Å². The Morgan fingerprint density at radius 3 is 2.52 bits per heavy atom. The lowest BCUT2D eigenvalue weighted by Crippen LogP contribution is -2.46. The number of hydrogen-bond donors (Lipinski definition) is 0. The van der Waals surface area contributed by atoms with Crippen molar-refractivity contribution in [2.75, 3.05) is 20.2 Å². The largest absolute Gasteiger partial charge is 0.497 e. The first kappa shape index (κ1) is 20.3. The molecule has 4 heteroatoms. The summed E-state index contributed by atoms with van der Waals surface area (Å²) in [6.45, 7) is 3.79. The maximum Gasteiger partial charge on any atom is 0.258 e. The molecule has 1 fully saturated rings. The Bertz CT molecular complexity index is 1370. The van der Waals surface area contributed by atoms with Crippen molar-refractivity contribution in [2.24, 2.45) is 5.92 Å². The van der Waals surface area contributed by atoms with E-state index in [1.54, 1.807) is 7.11 Å². The molecule has 2 aliphatic heterocycles. The molecule has 0 spiro atoms. The Balaban J connectivity index is 1.28. The van der Waals surface area contributed by atoms with Crippen molar-refractivity contribution in [3.63, 3.8) is 0 Å². The second-order valence-electron chi connectivity index (χ2n) is 9.49. The zero-order chi connectivity index (χ0) is 22.4. The summed E-state index contributed by atoms with van der Waals surface area (Å²) in [6.07, 6.45) is 1.17. The zero-order valence-corrected chi connectivity index (χ0v) is 18.9. The first-order valence-corrected chi connectivity index (χ1v) is 11.8. The van der Waals surface area contributed by atoms with Gasteiger partial charge >= 0.3 is 0 Å². The summed E-state index contributed by atoms with van der Waals surface area (Å²) in [4.78, 5) is 16.1. The van der Waals surface area contributed by atoms with Gasteiger partial charge in [-0.15, -0.1) is 0 Å². The van der Waals surface area contributed by atoms with E-state index in [9.17, 15) is 4.79 Å². The fraction of sp³-hybridized carbons (Fsp3) is 0.276. The van der Waals surface area contributed by atoms with E-state index in [-0.39, 0.29) is 5.56 Å². The molecular weight excluding hydrogens is 408 g/mol. The molecule has 1 aromatic heterocycles. The van der Waals surface area contributed by atoms with Gasteiger partial charge in [-0.1, -0.05) is 48.5 Å². The number of methoxy groups -OCH3 is 1. The summed E-state index contributed by atoms with van der Waals surface area (Å²) < 4.78 is 7.35. The van der Waals surface area contributed by atoms with Crippen LogP contribution in [-0.2, 0) is 13.1 Å². The Kier molecular flexibility index (Phi) is 5.03. The van der Waals surface area contributed by atoms with Crippen LogP contribution in [0.15, 0.2) is 83.7 Å². The highest BCUT2D eigenvalue weighted by Crippen LogP contribution is 2.36. The van der Waals surface area contributed by atoms with Crippen LogP contribution in [0, 0.1) is 5.92 Å². The summed E-state index contributed by atoms with van der Waals surface area (Å²) >= 11 is 0. The first-order chi connectivity index (χ1) is 16.2. The number of likely N-dealkylation sites (tertiary alicyclic amines) is 1. The van der Waals surface area contributed by atoms with Crippen molar-refractivity contribution >= 4 is 10.8 Å². The number of pyridine rings is 1. The van der Waals surface area contributed by atoms with Crippen LogP contribution in [0.4, 0.5) is 0 Å². The maximum absolute atomic E-state index is 13.6. The number of nitrogens with zero attached hydrogens (tertiary/aromatic N) is 2. The number of ether oxygens (including phenoxy) is 1. The second-order valence-corrected chi connectivity index (χ2v) is 9.49. The molecule has 0 saturated carbocycles. The number of aromatic nitrogens is 1. The van der Waals surface area contributed by atoms with Gasteiger partial charge in [-0.3, -0.25) is 9.69 Å². The molecule has 166 valence electrons. The molecule has 3 aromatic carbocycles. The lowest BCUT2D eigenvalue weighted by Gasteiger charge is -2.43. The van der Waals surface area contributed by atoms with Crippen molar-refractivity contribution in [3.05, 3.63) is 100 Å². The summed E-state index contributed by atoms with van der Waals surface area (Å²) in [7, 11) is 1.70. The molecule has 6 rings (SSSR count). The smallest absolute Gasteiger partial charge is 0.258 e. The lowest BCUT2D eigenvalue weighted by molar-refractivity contribution is 0.114. The second kappa shape index (κ2) is 8.20. The van der Waals surface area contributed by atoms with Gasteiger partial charge in [0.05, 0.1) is 7.11 Å². The Labute approximate surface area is 194 Å². The monoisotopic (exact) mass is 436 g/mol. The van der Waals surface area contributed by atoms with Gasteiger partial charge in [0.1, 0.15) is 5.75 Å². The molecule has 0 radical (unpaired) electrons. The van der Waals surface area contributed by atoms with Gasteiger partial charge in [-0.05, 0) is 64.6 Å². The van der Waals surface area contributed by atoms with Gasteiger partial charge in [0.2, 0.25) is 0 Å². The van der Waals surface area contributed by atoms with Crippen LogP contribution in [0.3, 0.4) is 0 Å². The van der Waals surface area contributed by atoms with Crippen molar-refractivity contribution in [3.8, 4) is 16.9 Å². The van der Waals surface area contributed by atoms with Crippen molar-refractivity contribution < 1.29 is 4.74 Å². The fourth-order valence-corrected chi connectivity index (χ4v) is 5.74. The molecule has 2 aliphatic rings. The summed E-state index contributed by atoms with van der Waals surface area (Å²) in [5.74, 6) is 1.82. The van der Waals surface area contributed by atoms with Crippen LogP contribution >= 0.6 is 0 Å². The third-order valence-corrected chi connectivity index (χ3v) is 7.31.